The molecule has 0 saturated carbocycles. The first kappa shape index (κ1) is 14.4. The molecular weight excluding hydrogens is 190 g/mol. The van der Waals surface area contributed by atoms with Gasteiger partial charge in [-0.05, 0) is 31.2 Å². The van der Waals surface area contributed by atoms with Crippen molar-refractivity contribution >= 4 is 5.97 Å². The second kappa shape index (κ2) is 7.69. The molecule has 3 heteroatoms. The van der Waals surface area contributed by atoms with Crippen LogP contribution in [0.4, 0.5) is 0 Å². The topological polar surface area (TPSA) is 38.3 Å². The predicted octanol–water partition coefficient (Wildman–Crippen LogP) is 2.21. The van der Waals surface area contributed by atoms with Crippen LogP contribution in [0.2, 0.25) is 0 Å². The van der Waals surface area contributed by atoms with Crippen molar-refractivity contribution in [3.05, 3.63) is 0 Å². The highest BCUT2D eigenvalue weighted by atomic mass is 16.5. The predicted molar refractivity (Wildman–Crippen MR) is 62.7 cm³/mol. The van der Waals surface area contributed by atoms with Crippen molar-refractivity contribution in [1.82, 2.24) is 5.32 Å². The Morgan fingerprint density at radius 3 is 2.20 bits per heavy atom. The average molecular weight is 215 g/mol. The minimum atomic E-state index is -0.146. The van der Waals surface area contributed by atoms with Gasteiger partial charge in [-0.3, -0.25) is 4.79 Å². The Morgan fingerprint density at radius 1 is 1.20 bits per heavy atom. The Morgan fingerprint density at radius 2 is 1.80 bits per heavy atom. The summed E-state index contributed by atoms with van der Waals surface area (Å²) in [7, 11) is 1.44. The lowest BCUT2D eigenvalue weighted by Gasteiger charge is -2.18. The SMILES string of the molecule is COC(=O)[C@H](CC(C)C)NCCC(C)C. The quantitative estimate of drug-likeness (QED) is 0.662. The first-order valence-corrected chi connectivity index (χ1v) is 5.78. The van der Waals surface area contributed by atoms with E-state index < -0.39 is 0 Å². The number of hydrogen-bond acceptors (Lipinski definition) is 3. The van der Waals surface area contributed by atoms with E-state index in [0.717, 1.165) is 19.4 Å². The van der Waals surface area contributed by atoms with E-state index in [4.69, 9.17) is 4.74 Å². The van der Waals surface area contributed by atoms with E-state index in [-0.39, 0.29) is 12.0 Å². The van der Waals surface area contributed by atoms with Gasteiger partial charge in [0, 0.05) is 0 Å². The second-order valence-electron chi connectivity index (χ2n) is 4.84. The summed E-state index contributed by atoms with van der Waals surface area (Å²) >= 11 is 0. The fourth-order valence-corrected chi connectivity index (χ4v) is 1.42. The molecule has 0 bridgehead atoms. The smallest absolute Gasteiger partial charge is 0.322 e. The van der Waals surface area contributed by atoms with E-state index in [1.807, 2.05) is 0 Å². The van der Waals surface area contributed by atoms with E-state index in [1.54, 1.807) is 0 Å². The first-order valence-electron chi connectivity index (χ1n) is 5.78. The molecule has 0 aromatic heterocycles. The van der Waals surface area contributed by atoms with Crippen LogP contribution in [-0.4, -0.2) is 25.7 Å². The highest BCUT2D eigenvalue weighted by molar-refractivity contribution is 5.75. The summed E-state index contributed by atoms with van der Waals surface area (Å²) in [5.74, 6) is 1.02. The fourth-order valence-electron chi connectivity index (χ4n) is 1.42. The molecule has 0 rings (SSSR count). The molecule has 90 valence electrons. The molecule has 3 nitrogen and oxygen atoms in total. The van der Waals surface area contributed by atoms with Crippen molar-refractivity contribution in [2.75, 3.05) is 13.7 Å². The highest BCUT2D eigenvalue weighted by Crippen LogP contribution is 2.07. The van der Waals surface area contributed by atoms with Gasteiger partial charge in [-0.25, -0.2) is 0 Å². The summed E-state index contributed by atoms with van der Waals surface area (Å²) in [6, 6.07) is -0.145. The molecule has 0 aliphatic carbocycles. The van der Waals surface area contributed by atoms with E-state index in [0.29, 0.717) is 11.8 Å². The molecule has 0 aromatic carbocycles. The molecular formula is C12H25NO2. The summed E-state index contributed by atoms with van der Waals surface area (Å²) in [4.78, 5) is 11.4. The van der Waals surface area contributed by atoms with Gasteiger partial charge in [-0.15, -0.1) is 0 Å². The zero-order valence-corrected chi connectivity index (χ0v) is 10.7. The van der Waals surface area contributed by atoms with Gasteiger partial charge in [-0.2, -0.15) is 0 Å². The van der Waals surface area contributed by atoms with E-state index in [9.17, 15) is 4.79 Å². The maximum atomic E-state index is 11.4. The standard InChI is InChI=1S/C12H25NO2/c1-9(2)6-7-13-11(8-10(3)4)12(14)15-5/h9-11,13H,6-8H2,1-5H3/t11-/m0/s1. The van der Waals surface area contributed by atoms with Crippen LogP contribution in [0.3, 0.4) is 0 Å². The number of carbonyl (C=O) groups is 1. The van der Waals surface area contributed by atoms with Crippen LogP contribution in [-0.2, 0) is 9.53 Å². The monoisotopic (exact) mass is 215 g/mol. The van der Waals surface area contributed by atoms with Crippen molar-refractivity contribution in [2.24, 2.45) is 11.8 Å². The lowest BCUT2D eigenvalue weighted by Crippen LogP contribution is -2.39. The number of carbonyl (C=O) groups excluding carboxylic acids is 1. The maximum Gasteiger partial charge on any atom is 0.322 e. The van der Waals surface area contributed by atoms with Gasteiger partial charge < -0.3 is 10.1 Å². The van der Waals surface area contributed by atoms with Crippen LogP contribution >= 0.6 is 0 Å². The van der Waals surface area contributed by atoms with E-state index >= 15 is 0 Å². The molecule has 0 fully saturated rings. The molecule has 0 amide bonds. The number of hydrogen-bond donors (Lipinski definition) is 1. The van der Waals surface area contributed by atoms with Crippen LogP contribution in [0.25, 0.3) is 0 Å². The third kappa shape index (κ3) is 7.37. The zero-order chi connectivity index (χ0) is 11.8. The third-order valence-corrected chi connectivity index (χ3v) is 2.31. The molecule has 0 unspecified atom stereocenters. The highest BCUT2D eigenvalue weighted by Gasteiger charge is 2.19. The van der Waals surface area contributed by atoms with Gasteiger partial charge in [0.15, 0.2) is 0 Å². The summed E-state index contributed by atoms with van der Waals surface area (Å²) in [6.45, 7) is 9.46. The number of esters is 1. The third-order valence-electron chi connectivity index (χ3n) is 2.31. The Labute approximate surface area is 93.6 Å². The van der Waals surface area contributed by atoms with Crippen molar-refractivity contribution in [1.29, 1.82) is 0 Å². The van der Waals surface area contributed by atoms with Crippen molar-refractivity contribution in [3.8, 4) is 0 Å². The molecule has 0 saturated heterocycles. The molecule has 0 aliphatic rings. The van der Waals surface area contributed by atoms with Crippen LogP contribution in [0.15, 0.2) is 0 Å². The minimum Gasteiger partial charge on any atom is -0.468 e. The first-order chi connectivity index (χ1) is 6.97. The van der Waals surface area contributed by atoms with Crippen LogP contribution in [0.5, 0.6) is 0 Å². The Balaban J connectivity index is 3.96. The summed E-state index contributed by atoms with van der Waals surface area (Å²) in [6.07, 6.45) is 1.93. The van der Waals surface area contributed by atoms with Gasteiger partial charge in [-0.1, -0.05) is 27.7 Å². The van der Waals surface area contributed by atoms with Crippen LogP contribution < -0.4 is 5.32 Å². The molecule has 0 spiro atoms. The number of nitrogens with one attached hydrogen (secondary N) is 1. The molecule has 0 aromatic rings. The van der Waals surface area contributed by atoms with E-state index in [2.05, 4.69) is 33.0 Å². The molecule has 0 heterocycles. The zero-order valence-electron chi connectivity index (χ0n) is 10.7. The number of ether oxygens (including phenoxy) is 1. The summed E-state index contributed by atoms with van der Waals surface area (Å²) in [5, 5.41) is 3.26. The van der Waals surface area contributed by atoms with Gasteiger partial charge in [0.1, 0.15) is 6.04 Å². The molecule has 1 N–H and O–H groups in total. The Kier molecular flexibility index (Phi) is 7.39. The molecule has 1 atom stereocenters. The largest absolute Gasteiger partial charge is 0.468 e. The molecule has 0 aliphatic heterocycles. The van der Waals surface area contributed by atoms with E-state index in [1.165, 1.54) is 7.11 Å². The van der Waals surface area contributed by atoms with Crippen molar-refractivity contribution in [2.45, 2.75) is 46.6 Å². The van der Waals surface area contributed by atoms with Gasteiger partial charge in [0.2, 0.25) is 0 Å². The fraction of sp³-hybridized carbons (Fsp3) is 0.917. The van der Waals surface area contributed by atoms with Crippen molar-refractivity contribution < 1.29 is 9.53 Å². The normalized spacial score (nSPS) is 13.3. The number of rotatable bonds is 7. The molecule has 15 heavy (non-hydrogen) atoms. The van der Waals surface area contributed by atoms with Crippen LogP contribution in [0.1, 0.15) is 40.5 Å². The van der Waals surface area contributed by atoms with Crippen LogP contribution in [0, 0.1) is 11.8 Å². The maximum absolute atomic E-state index is 11.4. The second-order valence-corrected chi connectivity index (χ2v) is 4.84. The minimum absolute atomic E-state index is 0.145. The summed E-state index contributed by atoms with van der Waals surface area (Å²) in [5.41, 5.74) is 0. The van der Waals surface area contributed by atoms with Crippen molar-refractivity contribution in [3.63, 3.8) is 0 Å². The Hall–Kier alpha value is -0.570. The number of methoxy groups -OCH3 is 1. The lowest BCUT2D eigenvalue weighted by molar-refractivity contribution is -0.143. The molecule has 0 radical (unpaired) electrons. The average Bonchev–Trinajstić information content (AvgIpc) is 2.14. The van der Waals surface area contributed by atoms with Gasteiger partial charge in [0.25, 0.3) is 0 Å². The van der Waals surface area contributed by atoms with Gasteiger partial charge in [0.05, 0.1) is 7.11 Å². The van der Waals surface area contributed by atoms with Gasteiger partial charge >= 0.3 is 5.97 Å². The lowest BCUT2D eigenvalue weighted by atomic mass is 10.0. The summed E-state index contributed by atoms with van der Waals surface area (Å²) < 4.78 is 4.77. The Bertz CT molecular complexity index is 178.